The van der Waals surface area contributed by atoms with Gasteiger partial charge in [0.05, 0.1) is 11.7 Å². The summed E-state index contributed by atoms with van der Waals surface area (Å²) in [5.74, 6) is -0.160. The van der Waals surface area contributed by atoms with Gasteiger partial charge in [0.1, 0.15) is 5.82 Å². The highest BCUT2D eigenvalue weighted by Crippen LogP contribution is 2.29. The molecule has 0 aliphatic carbocycles. The third-order valence-electron chi connectivity index (χ3n) is 5.17. The minimum Gasteiger partial charge on any atom is -0.309 e. The zero-order valence-corrected chi connectivity index (χ0v) is 14.7. The van der Waals surface area contributed by atoms with Crippen molar-refractivity contribution in [2.75, 3.05) is 18.0 Å². The highest BCUT2D eigenvalue weighted by Gasteiger charge is 2.33. The highest BCUT2D eigenvalue weighted by molar-refractivity contribution is 6.05. The van der Waals surface area contributed by atoms with Crippen LogP contribution in [-0.2, 0) is 11.3 Å². The number of halogens is 1. The van der Waals surface area contributed by atoms with Crippen LogP contribution in [0.4, 0.5) is 10.1 Å². The fraction of sp³-hybridized carbons (Fsp3) is 0.227. The van der Waals surface area contributed by atoms with Crippen LogP contribution >= 0.6 is 0 Å². The van der Waals surface area contributed by atoms with E-state index in [1.54, 1.807) is 12.1 Å². The lowest BCUT2D eigenvalue weighted by molar-refractivity contribution is -0.125. The zero-order valence-electron chi connectivity index (χ0n) is 14.7. The van der Waals surface area contributed by atoms with E-state index in [1.807, 2.05) is 53.1 Å². The molecule has 3 aromatic rings. The van der Waals surface area contributed by atoms with Crippen LogP contribution in [0.1, 0.15) is 12.5 Å². The van der Waals surface area contributed by atoms with Gasteiger partial charge in [0.25, 0.3) is 0 Å². The van der Waals surface area contributed by atoms with Gasteiger partial charge >= 0.3 is 0 Å². The summed E-state index contributed by atoms with van der Waals surface area (Å²) in [7, 11) is 0. The number of piperazine rings is 1. The van der Waals surface area contributed by atoms with E-state index in [4.69, 9.17) is 0 Å². The van der Waals surface area contributed by atoms with Crippen molar-refractivity contribution in [1.29, 1.82) is 0 Å². The van der Waals surface area contributed by atoms with Crippen LogP contribution in [0.2, 0.25) is 0 Å². The second-order valence-corrected chi connectivity index (χ2v) is 6.73. The van der Waals surface area contributed by atoms with Gasteiger partial charge in [0.2, 0.25) is 5.91 Å². The number of anilines is 1. The Labute approximate surface area is 152 Å². The molecule has 1 amide bonds. The Hall–Kier alpha value is -2.72. The van der Waals surface area contributed by atoms with Crippen molar-refractivity contribution in [3.8, 4) is 0 Å². The van der Waals surface area contributed by atoms with Gasteiger partial charge in [0, 0.05) is 30.6 Å². The molecular weight excluding hydrogens is 327 g/mol. The second-order valence-electron chi connectivity index (χ2n) is 6.73. The Morgan fingerprint density at radius 1 is 0.962 bits per heavy atom. The predicted octanol–water partition coefficient (Wildman–Crippen LogP) is 4.22. The number of rotatable bonds is 3. The van der Waals surface area contributed by atoms with Gasteiger partial charge in [-0.25, -0.2) is 4.39 Å². The molecule has 3 nitrogen and oxygen atoms in total. The first-order valence-electron chi connectivity index (χ1n) is 8.92. The second kappa shape index (κ2) is 6.89. The molecule has 0 unspecified atom stereocenters. The van der Waals surface area contributed by atoms with Gasteiger partial charge in [-0.05, 0) is 24.4 Å². The van der Waals surface area contributed by atoms with E-state index >= 15 is 0 Å². The topological polar surface area (TPSA) is 23.6 Å². The van der Waals surface area contributed by atoms with E-state index in [2.05, 4.69) is 12.1 Å². The third-order valence-corrected chi connectivity index (χ3v) is 5.17. The van der Waals surface area contributed by atoms with Gasteiger partial charge < -0.3 is 4.90 Å². The SMILES string of the molecule is C[C@H]1C(=O)N(c2cccc3ccccc23)CCN1Cc1ccccc1F. The van der Waals surface area contributed by atoms with Gasteiger partial charge in [-0.2, -0.15) is 0 Å². The molecule has 1 saturated heterocycles. The Bertz CT molecular complexity index is 950. The lowest BCUT2D eigenvalue weighted by Crippen LogP contribution is -2.55. The molecule has 1 heterocycles. The summed E-state index contributed by atoms with van der Waals surface area (Å²) in [6, 6.07) is 20.6. The van der Waals surface area contributed by atoms with E-state index in [9.17, 15) is 9.18 Å². The number of carbonyl (C=O) groups is 1. The van der Waals surface area contributed by atoms with Crippen molar-refractivity contribution in [3.05, 3.63) is 78.1 Å². The summed E-state index contributed by atoms with van der Waals surface area (Å²) in [6.07, 6.45) is 0. The number of hydrogen-bond donors (Lipinski definition) is 0. The van der Waals surface area contributed by atoms with Crippen molar-refractivity contribution < 1.29 is 9.18 Å². The van der Waals surface area contributed by atoms with E-state index in [0.29, 0.717) is 25.2 Å². The van der Waals surface area contributed by atoms with E-state index in [0.717, 1.165) is 16.5 Å². The van der Waals surface area contributed by atoms with Crippen LogP contribution in [0.5, 0.6) is 0 Å². The molecule has 0 spiro atoms. The quantitative estimate of drug-likeness (QED) is 0.708. The Morgan fingerprint density at radius 2 is 1.69 bits per heavy atom. The van der Waals surface area contributed by atoms with Crippen LogP contribution in [0.3, 0.4) is 0 Å². The van der Waals surface area contributed by atoms with Gasteiger partial charge in [0.15, 0.2) is 0 Å². The van der Waals surface area contributed by atoms with Crippen LogP contribution in [-0.4, -0.2) is 29.9 Å². The summed E-state index contributed by atoms with van der Waals surface area (Å²) >= 11 is 0. The minimum absolute atomic E-state index is 0.0592. The normalized spacial score (nSPS) is 18.5. The molecule has 4 rings (SSSR count). The standard InChI is InChI=1S/C22H21FN2O/c1-16-22(26)25(21-12-6-9-17-7-2-4-10-19(17)21)14-13-24(16)15-18-8-3-5-11-20(18)23/h2-12,16H,13-15H2,1H3/t16-/m0/s1. The molecule has 0 aromatic heterocycles. The van der Waals surface area contributed by atoms with Crippen molar-refractivity contribution in [2.45, 2.75) is 19.5 Å². The maximum atomic E-state index is 14.0. The average molecular weight is 348 g/mol. The Morgan fingerprint density at radius 3 is 2.54 bits per heavy atom. The van der Waals surface area contributed by atoms with Crippen LogP contribution in [0, 0.1) is 5.82 Å². The molecule has 132 valence electrons. The van der Waals surface area contributed by atoms with E-state index < -0.39 is 0 Å². The smallest absolute Gasteiger partial charge is 0.244 e. The molecule has 0 bridgehead atoms. The molecule has 0 saturated carbocycles. The molecule has 0 N–H and O–H groups in total. The largest absolute Gasteiger partial charge is 0.309 e. The first kappa shape index (κ1) is 16.7. The summed E-state index contributed by atoms with van der Waals surface area (Å²) in [4.78, 5) is 17.0. The van der Waals surface area contributed by atoms with Crippen molar-refractivity contribution in [1.82, 2.24) is 4.90 Å². The van der Waals surface area contributed by atoms with Gasteiger partial charge in [-0.15, -0.1) is 0 Å². The number of hydrogen-bond acceptors (Lipinski definition) is 2. The maximum Gasteiger partial charge on any atom is 0.244 e. The predicted molar refractivity (Wildman–Crippen MR) is 103 cm³/mol. The molecule has 1 aliphatic rings. The molecule has 26 heavy (non-hydrogen) atoms. The van der Waals surface area contributed by atoms with Crippen LogP contribution < -0.4 is 4.90 Å². The number of amides is 1. The monoisotopic (exact) mass is 348 g/mol. The minimum atomic E-state index is -0.290. The van der Waals surface area contributed by atoms with Crippen LogP contribution in [0.25, 0.3) is 10.8 Å². The third kappa shape index (κ3) is 2.97. The fourth-order valence-electron chi connectivity index (χ4n) is 3.66. The molecule has 0 radical (unpaired) electrons. The van der Waals surface area contributed by atoms with E-state index in [1.165, 1.54) is 6.07 Å². The number of fused-ring (bicyclic) bond motifs is 1. The first-order chi connectivity index (χ1) is 12.6. The molecule has 3 aromatic carbocycles. The number of benzene rings is 3. The lowest BCUT2D eigenvalue weighted by Gasteiger charge is -2.39. The van der Waals surface area contributed by atoms with Crippen LogP contribution in [0.15, 0.2) is 66.7 Å². The van der Waals surface area contributed by atoms with E-state index in [-0.39, 0.29) is 17.8 Å². The zero-order chi connectivity index (χ0) is 18.1. The summed E-state index contributed by atoms with van der Waals surface area (Å²) in [5, 5.41) is 2.21. The average Bonchev–Trinajstić information content (AvgIpc) is 2.67. The Balaban J connectivity index is 1.59. The number of carbonyl (C=O) groups excluding carboxylic acids is 1. The van der Waals surface area contributed by atoms with Gasteiger partial charge in [-0.3, -0.25) is 9.69 Å². The number of nitrogens with zero attached hydrogens (tertiary/aromatic N) is 2. The maximum absolute atomic E-state index is 14.0. The molecule has 4 heteroatoms. The van der Waals surface area contributed by atoms with Crippen molar-refractivity contribution >= 4 is 22.4 Å². The molecular formula is C22H21FN2O. The van der Waals surface area contributed by atoms with Crippen molar-refractivity contribution in [2.24, 2.45) is 0 Å². The van der Waals surface area contributed by atoms with Gasteiger partial charge in [-0.1, -0.05) is 54.6 Å². The molecule has 1 aliphatic heterocycles. The highest BCUT2D eigenvalue weighted by atomic mass is 19.1. The molecule has 1 fully saturated rings. The fourth-order valence-corrected chi connectivity index (χ4v) is 3.66. The lowest BCUT2D eigenvalue weighted by atomic mass is 10.0. The summed E-state index contributed by atoms with van der Waals surface area (Å²) in [6.45, 7) is 3.67. The Kier molecular flexibility index (Phi) is 4.43. The van der Waals surface area contributed by atoms with Crippen molar-refractivity contribution in [3.63, 3.8) is 0 Å². The summed E-state index contributed by atoms with van der Waals surface area (Å²) in [5.41, 5.74) is 1.58. The first-order valence-corrected chi connectivity index (χ1v) is 8.92. The summed E-state index contributed by atoms with van der Waals surface area (Å²) < 4.78 is 14.0. The molecule has 1 atom stereocenters.